The van der Waals surface area contributed by atoms with E-state index in [1.54, 1.807) is 0 Å². The Balaban J connectivity index is 3.51. The van der Waals surface area contributed by atoms with Gasteiger partial charge in [0.05, 0.1) is 0 Å². The van der Waals surface area contributed by atoms with E-state index in [4.69, 9.17) is 6.58 Å². The molecule has 0 aliphatic rings. The van der Waals surface area contributed by atoms with Crippen molar-refractivity contribution < 1.29 is 8.78 Å². The van der Waals surface area contributed by atoms with Crippen LogP contribution in [-0.2, 0) is 0 Å². The molecule has 2 heteroatoms. The number of halogens is 2. The van der Waals surface area contributed by atoms with Crippen molar-refractivity contribution >= 4 is 0 Å². The van der Waals surface area contributed by atoms with Crippen LogP contribution in [0.3, 0.4) is 0 Å². The molecule has 0 amide bonds. The first-order valence-corrected chi connectivity index (χ1v) is 3.53. The first-order valence-electron chi connectivity index (χ1n) is 3.53. The lowest BCUT2D eigenvalue weighted by Crippen LogP contribution is -2.13. The molecule has 0 aliphatic heterocycles. The number of hydrogen-bond donors (Lipinski definition) is 0. The van der Waals surface area contributed by atoms with Crippen molar-refractivity contribution in [3.8, 4) is 0 Å². The topological polar surface area (TPSA) is 0 Å². The van der Waals surface area contributed by atoms with Gasteiger partial charge in [0.2, 0.25) is 0 Å². The molecule has 0 aromatic carbocycles. The quantitative estimate of drug-likeness (QED) is 0.560. The van der Waals surface area contributed by atoms with Crippen molar-refractivity contribution in [2.45, 2.75) is 38.5 Å². The van der Waals surface area contributed by atoms with Gasteiger partial charge in [-0.3, -0.25) is 0 Å². The van der Waals surface area contributed by atoms with Crippen LogP contribution in [0.2, 0.25) is 0 Å². The molecule has 0 rings (SSSR count). The van der Waals surface area contributed by atoms with Crippen LogP contribution in [0.5, 0.6) is 0 Å². The van der Waals surface area contributed by atoms with E-state index in [2.05, 4.69) is 0 Å². The Hall–Kier alpha value is -0.400. The lowest BCUT2D eigenvalue weighted by atomic mass is 10.1. The molecule has 0 N–H and O–H groups in total. The molecule has 0 aromatic heterocycles. The summed E-state index contributed by atoms with van der Waals surface area (Å²) < 4.78 is 25.0. The maximum atomic E-state index is 12.5. The van der Waals surface area contributed by atoms with Gasteiger partial charge in [-0.1, -0.05) is 26.0 Å². The molecule has 0 saturated heterocycles. The number of hydrogen-bond acceptors (Lipinski definition) is 0. The summed E-state index contributed by atoms with van der Waals surface area (Å²) in [6, 6.07) is 0. The van der Waals surface area contributed by atoms with Crippen molar-refractivity contribution in [1.29, 1.82) is 0 Å². The summed E-state index contributed by atoms with van der Waals surface area (Å²) in [5.41, 5.74) is 0. The monoisotopic (exact) mass is 147 g/mol. The van der Waals surface area contributed by atoms with Gasteiger partial charge >= 0.3 is 0 Å². The molecule has 0 aliphatic carbocycles. The van der Waals surface area contributed by atoms with Gasteiger partial charge in [-0.05, 0) is 6.42 Å². The Morgan fingerprint density at radius 3 is 2.50 bits per heavy atom. The second-order valence-electron chi connectivity index (χ2n) is 2.40. The van der Waals surface area contributed by atoms with E-state index in [0.29, 0.717) is 6.42 Å². The standard InChI is InChI=1S/C8H13F2/c1-3-5-7-8(9,10)6-4-2/h2,4H,3,5-7H2,1H3. The van der Waals surface area contributed by atoms with Gasteiger partial charge in [0, 0.05) is 12.8 Å². The summed E-state index contributed by atoms with van der Waals surface area (Å²) in [6.07, 6.45) is 2.06. The Labute approximate surface area is 60.9 Å². The fourth-order valence-corrected chi connectivity index (χ4v) is 0.710. The average Bonchev–Trinajstić information content (AvgIpc) is 1.84. The largest absolute Gasteiger partial charge is 0.251 e. The Morgan fingerprint density at radius 2 is 2.10 bits per heavy atom. The summed E-state index contributed by atoms with van der Waals surface area (Å²) in [5, 5.41) is 0. The zero-order valence-corrected chi connectivity index (χ0v) is 6.24. The van der Waals surface area contributed by atoms with E-state index < -0.39 is 5.92 Å². The van der Waals surface area contributed by atoms with Crippen LogP contribution in [0.1, 0.15) is 32.6 Å². The molecular formula is C8H13F2. The van der Waals surface area contributed by atoms with Crippen molar-refractivity contribution in [2.24, 2.45) is 0 Å². The summed E-state index contributed by atoms with van der Waals surface area (Å²) in [6.45, 7) is 6.77. The number of alkyl halides is 2. The van der Waals surface area contributed by atoms with Gasteiger partial charge in [-0.2, -0.15) is 0 Å². The Bertz CT molecular complexity index is 97.4. The SMILES string of the molecule is [CH]=CCC(F)(F)CCCC. The minimum atomic E-state index is -2.58. The molecule has 0 saturated carbocycles. The number of unbranched alkanes of at least 4 members (excludes halogenated alkanes) is 1. The highest BCUT2D eigenvalue weighted by atomic mass is 19.3. The molecule has 0 bridgehead atoms. The maximum absolute atomic E-state index is 12.5. The molecule has 1 radical (unpaired) electrons. The van der Waals surface area contributed by atoms with Gasteiger partial charge < -0.3 is 0 Å². The molecule has 59 valence electrons. The minimum Gasteiger partial charge on any atom is -0.207 e. The van der Waals surface area contributed by atoms with Crippen molar-refractivity contribution in [3.05, 3.63) is 12.7 Å². The van der Waals surface area contributed by atoms with Crippen LogP contribution in [0.25, 0.3) is 0 Å². The van der Waals surface area contributed by atoms with E-state index in [-0.39, 0.29) is 12.8 Å². The second kappa shape index (κ2) is 4.42. The minimum absolute atomic E-state index is 0.0444. The van der Waals surface area contributed by atoms with E-state index in [9.17, 15) is 8.78 Å². The van der Waals surface area contributed by atoms with Crippen LogP contribution < -0.4 is 0 Å². The third-order valence-electron chi connectivity index (χ3n) is 1.31. The molecule has 0 fully saturated rings. The van der Waals surface area contributed by atoms with Gasteiger partial charge in [0.1, 0.15) is 0 Å². The average molecular weight is 147 g/mol. The lowest BCUT2D eigenvalue weighted by Gasteiger charge is -2.12. The third-order valence-corrected chi connectivity index (χ3v) is 1.31. The predicted molar refractivity (Wildman–Crippen MR) is 38.0 cm³/mol. The van der Waals surface area contributed by atoms with Crippen molar-refractivity contribution in [1.82, 2.24) is 0 Å². The van der Waals surface area contributed by atoms with E-state index in [1.165, 1.54) is 0 Å². The highest BCUT2D eigenvalue weighted by molar-refractivity contribution is 4.76. The fourth-order valence-electron chi connectivity index (χ4n) is 0.710. The Morgan fingerprint density at radius 1 is 1.50 bits per heavy atom. The van der Waals surface area contributed by atoms with Crippen LogP contribution in [0, 0.1) is 6.58 Å². The van der Waals surface area contributed by atoms with Crippen LogP contribution in [0.15, 0.2) is 6.08 Å². The second-order valence-corrected chi connectivity index (χ2v) is 2.40. The van der Waals surface area contributed by atoms with Crippen molar-refractivity contribution in [3.63, 3.8) is 0 Å². The number of rotatable bonds is 5. The normalized spacial score (nSPS) is 11.5. The zero-order valence-electron chi connectivity index (χ0n) is 6.24. The molecular weight excluding hydrogens is 134 g/mol. The van der Waals surface area contributed by atoms with Gasteiger partial charge in [-0.25, -0.2) is 8.78 Å². The first-order chi connectivity index (χ1) is 4.62. The molecule has 0 atom stereocenters. The van der Waals surface area contributed by atoms with E-state index in [0.717, 1.165) is 12.5 Å². The maximum Gasteiger partial charge on any atom is 0.251 e. The van der Waals surface area contributed by atoms with Gasteiger partial charge in [-0.15, -0.1) is 0 Å². The summed E-state index contributed by atoms with van der Waals surface area (Å²) in [4.78, 5) is 0. The third kappa shape index (κ3) is 4.48. The van der Waals surface area contributed by atoms with Gasteiger partial charge in [0.15, 0.2) is 0 Å². The van der Waals surface area contributed by atoms with Crippen LogP contribution in [-0.4, -0.2) is 5.92 Å². The highest BCUT2D eigenvalue weighted by Gasteiger charge is 2.25. The highest BCUT2D eigenvalue weighted by Crippen LogP contribution is 2.24. The van der Waals surface area contributed by atoms with Gasteiger partial charge in [0.25, 0.3) is 5.92 Å². The van der Waals surface area contributed by atoms with Crippen molar-refractivity contribution in [2.75, 3.05) is 0 Å². The molecule has 0 aromatic rings. The first kappa shape index (κ1) is 9.60. The molecule has 0 spiro atoms. The lowest BCUT2D eigenvalue weighted by molar-refractivity contribution is -0.00637. The number of allylic oxidation sites excluding steroid dienone is 1. The van der Waals surface area contributed by atoms with Crippen LogP contribution >= 0.6 is 0 Å². The van der Waals surface area contributed by atoms with E-state index >= 15 is 0 Å². The molecule has 0 nitrogen and oxygen atoms in total. The fraction of sp³-hybridized carbons (Fsp3) is 0.750. The Kier molecular flexibility index (Phi) is 4.24. The summed E-state index contributed by atoms with van der Waals surface area (Å²) in [7, 11) is 0. The summed E-state index contributed by atoms with van der Waals surface area (Å²) in [5.74, 6) is -2.58. The van der Waals surface area contributed by atoms with E-state index in [1.807, 2.05) is 6.92 Å². The zero-order chi connectivity index (χ0) is 8.04. The smallest absolute Gasteiger partial charge is 0.207 e. The van der Waals surface area contributed by atoms with Crippen LogP contribution in [0.4, 0.5) is 8.78 Å². The molecule has 0 unspecified atom stereocenters. The summed E-state index contributed by atoms with van der Waals surface area (Å²) >= 11 is 0. The molecule has 0 heterocycles. The predicted octanol–water partition coefficient (Wildman–Crippen LogP) is 3.19. The molecule has 10 heavy (non-hydrogen) atoms.